The molecule has 0 aliphatic rings. The smallest absolute Gasteiger partial charge is 0.265 e. The van der Waals surface area contributed by atoms with E-state index < -0.39 is 15.9 Å². The van der Waals surface area contributed by atoms with Crippen molar-refractivity contribution in [3.8, 4) is 16.9 Å². The van der Waals surface area contributed by atoms with Crippen LogP contribution in [0.5, 0.6) is 5.75 Å². The molecule has 0 aliphatic carbocycles. The Morgan fingerprint density at radius 1 is 0.950 bits per heavy atom. The Bertz CT molecular complexity index is 1830. The van der Waals surface area contributed by atoms with E-state index in [1.807, 2.05) is 44.2 Å². The van der Waals surface area contributed by atoms with Crippen molar-refractivity contribution in [3.05, 3.63) is 107 Å². The number of nitrogens with one attached hydrogen (secondary N) is 1. The lowest BCUT2D eigenvalue weighted by atomic mass is 10.0. The van der Waals surface area contributed by atoms with E-state index >= 15 is 0 Å². The third-order valence-corrected chi connectivity index (χ3v) is 8.15. The van der Waals surface area contributed by atoms with Crippen LogP contribution in [0.4, 0.5) is 0 Å². The summed E-state index contributed by atoms with van der Waals surface area (Å²) in [5, 5.41) is 0. The molecule has 0 spiro atoms. The minimum atomic E-state index is -4.16. The number of fused-ring (bicyclic) bond motifs is 1. The van der Waals surface area contributed by atoms with E-state index in [0.29, 0.717) is 17.9 Å². The number of amides is 1. The molecule has 9 heteroatoms. The van der Waals surface area contributed by atoms with Gasteiger partial charge in [0, 0.05) is 23.2 Å². The first-order valence-corrected chi connectivity index (χ1v) is 14.4. The third-order valence-electron chi connectivity index (χ3n) is 6.76. The number of hydrogen-bond acceptors (Lipinski definition) is 6. The van der Waals surface area contributed by atoms with Crippen molar-refractivity contribution in [2.24, 2.45) is 0 Å². The number of carbonyl (C=O) groups is 1. The number of hydrogen-bond donors (Lipinski definition) is 1. The molecule has 5 aromatic rings. The van der Waals surface area contributed by atoms with Gasteiger partial charge in [0.2, 0.25) is 0 Å². The van der Waals surface area contributed by atoms with Crippen LogP contribution in [-0.4, -0.2) is 36.0 Å². The van der Waals surface area contributed by atoms with Crippen molar-refractivity contribution in [3.63, 3.8) is 0 Å². The Morgan fingerprint density at radius 2 is 1.70 bits per heavy atom. The van der Waals surface area contributed by atoms with E-state index in [9.17, 15) is 13.2 Å². The maximum absolute atomic E-state index is 13.3. The highest BCUT2D eigenvalue weighted by Gasteiger charge is 2.23. The first-order chi connectivity index (χ1) is 19.2. The fourth-order valence-corrected chi connectivity index (χ4v) is 6.00. The lowest BCUT2D eigenvalue weighted by Gasteiger charge is -2.13. The van der Waals surface area contributed by atoms with E-state index in [0.717, 1.165) is 45.8 Å². The number of nitrogens with zero attached hydrogens (tertiary/aromatic N) is 3. The average molecular weight is 555 g/mol. The molecule has 1 N–H and O–H groups in total. The summed E-state index contributed by atoms with van der Waals surface area (Å²) < 4.78 is 36.1. The molecule has 0 saturated heterocycles. The number of rotatable bonds is 8. The lowest BCUT2D eigenvalue weighted by Crippen LogP contribution is -2.30. The molecule has 0 aliphatic heterocycles. The van der Waals surface area contributed by atoms with Gasteiger partial charge < -0.3 is 9.30 Å². The van der Waals surface area contributed by atoms with Crippen LogP contribution in [0.3, 0.4) is 0 Å². The highest BCUT2D eigenvalue weighted by atomic mass is 32.2. The maximum atomic E-state index is 13.3. The van der Waals surface area contributed by atoms with E-state index in [2.05, 4.69) is 16.2 Å². The van der Waals surface area contributed by atoms with E-state index in [-0.39, 0.29) is 10.5 Å². The molecular weight excluding hydrogens is 524 g/mol. The van der Waals surface area contributed by atoms with E-state index in [4.69, 9.17) is 14.7 Å². The van der Waals surface area contributed by atoms with Gasteiger partial charge in [0.05, 0.1) is 18.6 Å². The van der Waals surface area contributed by atoms with Gasteiger partial charge in [-0.1, -0.05) is 55.5 Å². The normalized spacial score (nSPS) is 11.5. The fraction of sp³-hybridized carbons (Fsp3) is 0.194. The molecule has 2 aromatic heterocycles. The summed E-state index contributed by atoms with van der Waals surface area (Å²) in [6.45, 7) is 6.70. The van der Waals surface area contributed by atoms with Crippen LogP contribution in [0.25, 0.3) is 22.3 Å². The van der Waals surface area contributed by atoms with Crippen LogP contribution < -0.4 is 9.46 Å². The Balaban J connectivity index is 1.43. The number of imidazole rings is 1. The summed E-state index contributed by atoms with van der Waals surface area (Å²) in [6.07, 6.45) is 0.777. The van der Waals surface area contributed by atoms with Crippen LogP contribution >= 0.6 is 0 Å². The van der Waals surface area contributed by atoms with Crippen molar-refractivity contribution in [1.29, 1.82) is 0 Å². The van der Waals surface area contributed by atoms with Gasteiger partial charge >= 0.3 is 0 Å². The van der Waals surface area contributed by atoms with Crippen molar-refractivity contribution >= 4 is 27.1 Å². The van der Waals surface area contributed by atoms with Gasteiger partial charge in [0.15, 0.2) is 5.65 Å². The fourth-order valence-electron chi connectivity index (χ4n) is 4.80. The summed E-state index contributed by atoms with van der Waals surface area (Å²) >= 11 is 0. The second-order valence-electron chi connectivity index (χ2n) is 9.58. The number of sulfonamides is 1. The number of aromatic nitrogens is 3. The van der Waals surface area contributed by atoms with Crippen LogP contribution in [0.15, 0.2) is 83.8 Å². The predicted molar refractivity (Wildman–Crippen MR) is 155 cm³/mol. The van der Waals surface area contributed by atoms with E-state index in [1.54, 1.807) is 30.3 Å². The second kappa shape index (κ2) is 10.9. The molecule has 204 valence electrons. The van der Waals surface area contributed by atoms with Gasteiger partial charge in [-0.25, -0.2) is 23.1 Å². The highest BCUT2D eigenvalue weighted by molar-refractivity contribution is 7.90. The van der Waals surface area contributed by atoms with Crippen molar-refractivity contribution < 1.29 is 17.9 Å². The Kier molecular flexibility index (Phi) is 7.40. The Morgan fingerprint density at radius 3 is 2.42 bits per heavy atom. The molecule has 0 saturated carbocycles. The average Bonchev–Trinajstić information content (AvgIpc) is 3.30. The Labute approximate surface area is 233 Å². The minimum Gasteiger partial charge on any atom is -0.497 e. The zero-order valence-electron chi connectivity index (χ0n) is 22.8. The number of aryl methyl sites for hydroxylation is 3. The summed E-state index contributed by atoms with van der Waals surface area (Å²) in [7, 11) is -2.68. The summed E-state index contributed by atoms with van der Waals surface area (Å²) in [4.78, 5) is 22.4. The molecule has 3 aromatic carbocycles. The molecule has 0 unspecified atom stereocenters. The third kappa shape index (κ3) is 5.33. The molecule has 0 radical (unpaired) electrons. The number of pyridine rings is 1. The molecule has 40 heavy (non-hydrogen) atoms. The Hall–Kier alpha value is -4.50. The quantitative estimate of drug-likeness (QED) is 0.274. The summed E-state index contributed by atoms with van der Waals surface area (Å²) in [5.41, 5.74) is 6.25. The van der Waals surface area contributed by atoms with Crippen LogP contribution in [-0.2, 0) is 23.0 Å². The lowest BCUT2D eigenvalue weighted by molar-refractivity contribution is 0.0981. The predicted octanol–water partition coefficient (Wildman–Crippen LogP) is 5.45. The summed E-state index contributed by atoms with van der Waals surface area (Å²) in [5.74, 6) is 0.687. The van der Waals surface area contributed by atoms with Crippen molar-refractivity contribution in [2.75, 3.05) is 7.11 Å². The molecular formula is C31H30N4O4S. The van der Waals surface area contributed by atoms with Gasteiger partial charge in [-0.2, -0.15) is 0 Å². The maximum Gasteiger partial charge on any atom is 0.265 e. The molecule has 0 atom stereocenters. The molecule has 0 bridgehead atoms. The molecule has 5 rings (SSSR count). The van der Waals surface area contributed by atoms with Gasteiger partial charge in [-0.05, 0) is 60.9 Å². The molecule has 0 fully saturated rings. The van der Waals surface area contributed by atoms with Crippen molar-refractivity contribution in [1.82, 2.24) is 19.3 Å². The van der Waals surface area contributed by atoms with Crippen LogP contribution in [0.1, 0.15) is 39.9 Å². The SMILES string of the molecule is CCc1nc2c(C)cc(C)nc2n1Cc1ccc(-c2ccccc2S(=O)(=O)NC(=O)c2cccc(OC)c2)cc1. The number of carbonyl (C=O) groups excluding carboxylic acids is 1. The largest absolute Gasteiger partial charge is 0.497 e. The molecule has 1 amide bonds. The second-order valence-corrected chi connectivity index (χ2v) is 11.2. The van der Waals surface area contributed by atoms with Crippen LogP contribution in [0.2, 0.25) is 0 Å². The number of benzene rings is 3. The first-order valence-electron chi connectivity index (χ1n) is 12.9. The van der Waals surface area contributed by atoms with E-state index in [1.165, 1.54) is 25.3 Å². The zero-order chi connectivity index (χ0) is 28.4. The van der Waals surface area contributed by atoms with Gasteiger partial charge in [0.25, 0.3) is 15.9 Å². The van der Waals surface area contributed by atoms with Gasteiger partial charge in [-0.3, -0.25) is 4.79 Å². The van der Waals surface area contributed by atoms with Crippen LogP contribution in [0, 0.1) is 13.8 Å². The number of ether oxygens (including phenoxy) is 1. The standard InChI is InChI=1S/C31H30N4O4S/c1-5-28-33-29-20(2)17-21(3)32-30(29)35(28)19-22-13-15-23(16-14-22)26-11-6-7-12-27(26)40(37,38)34-31(36)24-9-8-10-25(18-24)39-4/h6-18H,5,19H2,1-4H3,(H,34,36). The zero-order valence-corrected chi connectivity index (χ0v) is 23.6. The van der Waals surface area contributed by atoms with Gasteiger partial charge in [0.1, 0.15) is 17.1 Å². The minimum absolute atomic E-state index is 0.0167. The van der Waals surface area contributed by atoms with Gasteiger partial charge in [-0.15, -0.1) is 0 Å². The number of methoxy groups -OCH3 is 1. The monoisotopic (exact) mass is 554 g/mol. The highest BCUT2D eigenvalue weighted by Crippen LogP contribution is 2.28. The van der Waals surface area contributed by atoms with Crippen molar-refractivity contribution in [2.45, 2.75) is 38.6 Å². The summed E-state index contributed by atoms with van der Waals surface area (Å²) in [6, 6.07) is 22.7. The molecule has 2 heterocycles. The molecule has 8 nitrogen and oxygen atoms in total. The topological polar surface area (TPSA) is 103 Å². The first kappa shape index (κ1) is 27.1.